The molecule has 4 rings (SSSR count). The summed E-state index contributed by atoms with van der Waals surface area (Å²) in [7, 11) is 0. The van der Waals surface area contributed by atoms with Gasteiger partial charge in [-0.25, -0.2) is 0 Å². The van der Waals surface area contributed by atoms with Crippen molar-refractivity contribution in [2.45, 2.75) is 6.92 Å². The molecule has 2 N–H and O–H groups in total. The molecule has 1 aromatic heterocycles. The summed E-state index contributed by atoms with van der Waals surface area (Å²) in [6, 6.07) is 24.1. The Hall–Kier alpha value is -3.66. The van der Waals surface area contributed by atoms with Gasteiger partial charge in [0.1, 0.15) is 5.82 Å². The van der Waals surface area contributed by atoms with E-state index in [1.165, 1.54) is 0 Å². The number of carbonyl (C=O) groups excluding carboxylic acids is 1. The fourth-order valence-corrected chi connectivity index (χ4v) is 3.12. The number of ketones is 1. The van der Waals surface area contributed by atoms with E-state index >= 15 is 0 Å². The highest BCUT2D eigenvalue weighted by molar-refractivity contribution is 6.19. The summed E-state index contributed by atoms with van der Waals surface area (Å²) in [5.74, 6) is 0.261. The van der Waals surface area contributed by atoms with Gasteiger partial charge in [-0.2, -0.15) is 0 Å². The van der Waals surface area contributed by atoms with Gasteiger partial charge in [-0.05, 0) is 25.1 Å². The minimum absolute atomic E-state index is 0.138. The van der Waals surface area contributed by atoms with Crippen LogP contribution in [0, 0.1) is 6.92 Å². The Morgan fingerprint density at radius 1 is 0.815 bits per heavy atom. The highest BCUT2D eigenvalue weighted by Gasteiger charge is 2.19. The number of carbonyl (C=O) groups is 1. The van der Waals surface area contributed by atoms with Gasteiger partial charge in [0.25, 0.3) is 5.56 Å². The zero-order valence-electron chi connectivity index (χ0n) is 14.8. The Morgan fingerprint density at radius 2 is 1.44 bits per heavy atom. The summed E-state index contributed by atoms with van der Waals surface area (Å²) in [5.41, 5.74) is 2.68. The first kappa shape index (κ1) is 16.8. The fourth-order valence-electron chi connectivity index (χ4n) is 3.12. The van der Waals surface area contributed by atoms with Crippen LogP contribution in [0.1, 0.15) is 21.5 Å². The number of aromatic nitrogens is 1. The maximum absolute atomic E-state index is 13.3. The van der Waals surface area contributed by atoms with E-state index < -0.39 is 0 Å². The molecule has 0 saturated carbocycles. The molecule has 0 atom stereocenters. The minimum Gasteiger partial charge on any atom is -0.341 e. The van der Waals surface area contributed by atoms with Crippen molar-refractivity contribution in [3.05, 3.63) is 106 Å². The number of hydrogen-bond acceptors (Lipinski definition) is 3. The molecule has 3 aromatic carbocycles. The molecule has 4 aromatic rings. The van der Waals surface area contributed by atoms with Crippen molar-refractivity contribution in [1.82, 2.24) is 4.98 Å². The normalized spacial score (nSPS) is 10.7. The minimum atomic E-state index is -0.232. The van der Waals surface area contributed by atoms with Crippen LogP contribution in [0.4, 0.5) is 11.5 Å². The zero-order valence-corrected chi connectivity index (χ0v) is 14.8. The van der Waals surface area contributed by atoms with Crippen molar-refractivity contribution in [3.63, 3.8) is 0 Å². The molecule has 0 unspecified atom stereocenters. The summed E-state index contributed by atoms with van der Waals surface area (Å²) in [4.78, 5) is 28.7. The van der Waals surface area contributed by atoms with Gasteiger partial charge in [0, 0.05) is 22.0 Å². The molecule has 0 saturated heterocycles. The van der Waals surface area contributed by atoms with Crippen LogP contribution in [-0.4, -0.2) is 10.8 Å². The Labute approximate surface area is 156 Å². The van der Waals surface area contributed by atoms with Crippen molar-refractivity contribution >= 4 is 28.1 Å². The molecular weight excluding hydrogens is 336 g/mol. The van der Waals surface area contributed by atoms with Crippen LogP contribution in [0.5, 0.6) is 0 Å². The van der Waals surface area contributed by atoms with E-state index in [9.17, 15) is 9.59 Å². The van der Waals surface area contributed by atoms with Gasteiger partial charge in [0.05, 0.1) is 5.56 Å². The SMILES string of the molecule is Cc1ccc(C(=O)c2c(Nc3ccccc3)[nH]c(=O)c3ccccc23)cc1. The Kier molecular flexibility index (Phi) is 4.30. The van der Waals surface area contributed by atoms with E-state index in [4.69, 9.17) is 0 Å². The number of aryl methyl sites for hydroxylation is 1. The number of benzene rings is 3. The number of fused-ring (bicyclic) bond motifs is 1. The van der Waals surface area contributed by atoms with Crippen LogP contribution in [-0.2, 0) is 0 Å². The number of pyridine rings is 1. The Morgan fingerprint density at radius 3 is 2.15 bits per heavy atom. The molecule has 0 aliphatic rings. The summed E-state index contributed by atoms with van der Waals surface area (Å²) in [6.07, 6.45) is 0. The quantitative estimate of drug-likeness (QED) is 0.517. The van der Waals surface area contributed by atoms with Gasteiger partial charge in [-0.15, -0.1) is 0 Å². The predicted molar refractivity (Wildman–Crippen MR) is 109 cm³/mol. The molecule has 0 aliphatic carbocycles. The molecule has 1 heterocycles. The second-order valence-corrected chi connectivity index (χ2v) is 6.44. The first-order valence-corrected chi connectivity index (χ1v) is 8.72. The van der Waals surface area contributed by atoms with Gasteiger partial charge < -0.3 is 10.3 Å². The number of anilines is 2. The standard InChI is InChI=1S/C23H18N2O2/c1-15-11-13-16(14-12-15)21(26)20-18-9-5-6-10-19(18)23(27)25-22(20)24-17-7-3-2-4-8-17/h2-14H,1H3,(H2,24,25,27). The van der Waals surface area contributed by atoms with Gasteiger partial charge in [-0.3, -0.25) is 9.59 Å². The van der Waals surface area contributed by atoms with Gasteiger partial charge in [-0.1, -0.05) is 66.2 Å². The number of aromatic amines is 1. The molecule has 0 spiro atoms. The molecule has 4 nitrogen and oxygen atoms in total. The molecular formula is C23H18N2O2. The first-order valence-electron chi connectivity index (χ1n) is 8.72. The van der Waals surface area contributed by atoms with Crippen LogP contribution >= 0.6 is 0 Å². The lowest BCUT2D eigenvalue weighted by molar-refractivity contribution is 0.104. The van der Waals surface area contributed by atoms with E-state index in [1.807, 2.05) is 73.7 Å². The van der Waals surface area contributed by atoms with Crippen LogP contribution in [0.15, 0.2) is 83.7 Å². The lowest BCUT2D eigenvalue weighted by atomic mass is 9.97. The highest BCUT2D eigenvalue weighted by atomic mass is 16.1. The Bertz CT molecular complexity index is 1180. The van der Waals surface area contributed by atoms with Crippen LogP contribution in [0.25, 0.3) is 10.8 Å². The molecule has 0 aliphatic heterocycles. The lowest BCUT2D eigenvalue weighted by Gasteiger charge is -2.14. The third-order valence-electron chi connectivity index (χ3n) is 4.51. The largest absolute Gasteiger partial charge is 0.341 e. The summed E-state index contributed by atoms with van der Waals surface area (Å²) in [5, 5.41) is 4.31. The van der Waals surface area contributed by atoms with Gasteiger partial charge >= 0.3 is 0 Å². The maximum atomic E-state index is 13.3. The van der Waals surface area contributed by atoms with E-state index in [0.29, 0.717) is 27.7 Å². The summed E-state index contributed by atoms with van der Waals surface area (Å²) < 4.78 is 0. The predicted octanol–water partition coefficient (Wildman–Crippen LogP) is 4.81. The molecule has 27 heavy (non-hydrogen) atoms. The smallest absolute Gasteiger partial charge is 0.257 e. The van der Waals surface area contributed by atoms with Crippen molar-refractivity contribution in [2.75, 3.05) is 5.32 Å². The average Bonchev–Trinajstić information content (AvgIpc) is 2.69. The van der Waals surface area contributed by atoms with Gasteiger partial charge in [0.2, 0.25) is 0 Å². The molecule has 132 valence electrons. The average molecular weight is 354 g/mol. The van der Waals surface area contributed by atoms with Crippen LogP contribution in [0.3, 0.4) is 0 Å². The number of para-hydroxylation sites is 1. The number of hydrogen-bond donors (Lipinski definition) is 2. The Balaban J connectivity index is 1.94. The molecule has 0 radical (unpaired) electrons. The highest BCUT2D eigenvalue weighted by Crippen LogP contribution is 2.27. The van der Waals surface area contributed by atoms with Crippen LogP contribution in [0.2, 0.25) is 0 Å². The van der Waals surface area contributed by atoms with Crippen molar-refractivity contribution in [3.8, 4) is 0 Å². The van der Waals surface area contributed by atoms with E-state index in [-0.39, 0.29) is 11.3 Å². The molecule has 0 amide bonds. The molecule has 0 fully saturated rings. The second kappa shape index (κ2) is 6.92. The van der Waals surface area contributed by atoms with Crippen molar-refractivity contribution in [1.29, 1.82) is 0 Å². The number of rotatable bonds is 4. The third-order valence-corrected chi connectivity index (χ3v) is 4.51. The number of H-pyrrole nitrogens is 1. The lowest BCUT2D eigenvalue weighted by Crippen LogP contribution is -2.16. The topological polar surface area (TPSA) is 62.0 Å². The van der Waals surface area contributed by atoms with Gasteiger partial charge in [0.15, 0.2) is 5.78 Å². The fraction of sp³-hybridized carbons (Fsp3) is 0.0435. The van der Waals surface area contributed by atoms with E-state index in [2.05, 4.69) is 10.3 Å². The summed E-state index contributed by atoms with van der Waals surface area (Å²) >= 11 is 0. The molecule has 0 bridgehead atoms. The second-order valence-electron chi connectivity index (χ2n) is 6.44. The van der Waals surface area contributed by atoms with E-state index in [0.717, 1.165) is 11.3 Å². The van der Waals surface area contributed by atoms with Crippen molar-refractivity contribution in [2.24, 2.45) is 0 Å². The maximum Gasteiger partial charge on any atom is 0.257 e. The zero-order chi connectivity index (χ0) is 18.8. The first-order chi connectivity index (χ1) is 13.1. The summed E-state index contributed by atoms with van der Waals surface area (Å²) in [6.45, 7) is 1.98. The van der Waals surface area contributed by atoms with Crippen LogP contribution < -0.4 is 10.9 Å². The van der Waals surface area contributed by atoms with Crippen molar-refractivity contribution < 1.29 is 4.79 Å². The third kappa shape index (κ3) is 3.25. The number of nitrogens with one attached hydrogen (secondary N) is 2. The monoisotopic (exact) mass is 354 g/mol. The van der Waals surface area contributed by atoms with E-state index in [1.54, 1.807) is 12.1 Å². The molecule has 4 heteroatoms.